The highest BCUT2D eigenvalue weighted by molar-refractivity contribution is 7.92. The van der Waals surface area contributed by atoms with Gasteiger partial charge in [0.05, 0.1) is 10.7 Å². The monoisotopic (exact) mass is 329 g/mol. The van der Waals surface area contributed by atoms with E-state index < -0.39 is 15.8 Å². The van der Waals surface area contributed by atoms with E-state index >= 15 is 0 Å². The maximum absolute atomic E-state index is 13.0. The predicted molar refractivity (Wildman–Crippen MR) is 74.8 cm³/mol. The summed E-state index contributed by atoms with van der Waals surface area (Å²) in [7, 11) is -3.92. The van der Waals surface area contributed by atoms with Crippen molar-refractivity contribution >= 4 is 27.3 Å². The molecule has 21 heavy (non-hydrogen) atoms. The molecule has 0 fully saturated rings. The van der Waals surface area contributed by atoms with Crippen LogP contribution in [0.4, 0.5) is 10.1 Å². The summed E-state index contributed by atoms with van der Waals surface area (Å²) in [5, 5.41) is -0.191. The predicted octanol–water partition coefficient (Wildman–Crippen LogP) is 3.01. The van der Waals surface area contributed by atoms with Crippen molar-refractivity contribution in [3.05, 3.63) is 47.2 Å². The minimum atomic E-state index is -3.92. The highest BCUT2D eigenvalue weighted by Gasteiger charge is 2.20. The Hall–Kier alpha value is -1.99. The number of hydrogen-bond donors (Lipinski definition) is 1. The minimum Gasteiger partial charge on any atom is -0.454 e. The van der Waals surface area contributed by atoms with Gasteiger partial charge in [0.15, 0.2) is 11.5 Å². The first-order chi connectivity index (χ1) is 9.95. The number of anilines is 1. The summed E-state index contributed by atoms with van der Waals surface area (Å²) in [6, 6.07) is 7.69. The second-order valence-corrected chi connectivity index (χ2v) is 6.31. The molecule has 3 rings (SSSR count). The molecule has 0 aromatic heterocycles. The number of fused-ring (bicyclic) bond motifs is 1. The molecule has 1 heterocycles. The van der Waals surface area contributed by atoms with Gasteiger partial charge in [-0.05, 0) is 30.3 Å². The summed E-state index contributed by atoms with van der Waals surface area (Å²) in [6.45, 7) is 0.0926. The fourth-order valence-corrected chi connectivity index (χ4v) is 3.45. The molecular formula is C13H9ClFNO4S. The standard InChI is InChI=1S/C13H9ClFNO4S/c14-10-5-8(15)1-4-13(10)21(17,18)16-9-2-3-11-12(6-9)20-7-19-11/h1-6,16H,7H2. The van der Waals surface area contributed by atoms with Crippen LogP contribution in [0, 0.1) is 5.82 Å². The van der Waals surface area contributed by atoms with Crippen molar-refractivity contribution in [1.29, 1.82) is 0 Å². The first-order valence-electron chi connectivity index (χ1n) is 5.83. The van der Waals surface area contributed by atoms with Crippen LogP contribution in [0.1, 0.15) is 0 Å². The number of hydrogen-bond acceptors (Lipinski definition) is 4. The fraction of sp³-hybridized carbons (Fsp3) is 0.0769. The Kier molecular flexibility index (Phi) is 3.38. The Bertz CT molecular complexity index is 810. The number of benzene rings is 2. The SMILES string of the molecule is O=S(=O)(Nc1ccc2c(c1)OCO2)c1ccc(F)cc1Cl. The van der Waals surface area contributed by atoms with Crippen LogP contribution >= 0.6 is 11.6 Å². The number of halogens is 2. The summed E-state index contributed by atoms with van der Waals surface area (Å²) in [6.07, 6.45) is 0. The van der Waals surface area contributed by atoms with Crippen molar-refractivity contribution in [1.82, 2.24) is 0 Å². The smallest absolute Gasteiger partial charge is 0.263 e. The number of ether oxygens (including phenoxy) is 2. The van der Waals surface area contributed by atoms with Gasteiger partial charge in [-0.1, -0.05) is 11.6 Å². The Morgan fingerprint density at radius 1 is 1.10 bits per heavy atom. The van der Waals surface area contributed by atoms with Crippen LogP contribution in [0.2, 0.25) is 5.02 Å². The molecule has 8 heteroatoms. The van der Waals surface area contributed by atoms with Crippen molar-refractivity contribution in [2.45, 2.75) is 4.90 Å². The molecule has 5 nitrogen and oxygen atoms in total. The summed E-state index contributed by atoms with van der Waals surface area (Å²) in [5.74, 6) is 0.375. The van der Waals surface area contributed by atoms with Gasteiger partial charge in [0.1, 0.15) is 10.7 Å². The van der Waals surface area contributed by atoms with E-state index in [1.807, 2.05) is 0 Å². The van der Waals surface area contributed by atoms with Crippen LogP contribution < -0.4 is 14.2 Å². The number of rotatable bonds is 3. The fourth-order valence-electron chi connectivity index (χ4n) is 1.86. The quantitative estimate of drug-likeness (QED) is 0.940. The average molecular weight is 330 g/mol. The molecule has 0 unspecified atom stereocenters. The third kappa shape index (κ3) is 2.74. The third-order valence-corrected chi connectivity index (χ3v) is 4.67. The van der Waals surface area contributed by atoms with Crippen molar-refractivity contribution in [3.63, 3.8) is 0 Å². The Morgan fingerprint density at radius 3 is 2.62 bits per heavy atom. The molecule has 1 aliphatic rings. The molecule has 0 bridgehead atoms. The van der Waals surface area contributed by atoms with E-state index in [9.17, 15) is 12.8 Å². The van der Waals surface area contributed by atoms with Gasteiger partial charge in [0.25, 0.3) is 10.0 Å². The molecule has 2 aromatic carbocycles. The van der Waals surface area contributed by atoms with Gasteiger partial charge in [-0.15, -0.1) is 0 Å². The lowest BCUT2D eigenvalue weighted by Crippen LogP contribution is -2.13. The van der Waals surface area contributed by atoms with Gasteiger partial charge in [-0.3, -0.25) is 4.72 Å². The van der Waals surface area contributed by atoms with E-state index in [1.54, 1.807) is 6.07 Å². The Balaban J connectivity index is 1.92. The molecule has 110 valence electrons. The van der Waals surface area contributed by atoms with Gasteiger partial charge in [-0.2, -0.15) is 0 Å². The van der Waals surface area contributed by atoms with Gasteiger partial charge < -0.3 is 9.47 Å². The molecular weight excluding hydrogens is 321 g/mol. The van der Waals surface area contributed by atoms with E-state index in [4.69, 9.17) is 21.1 Å². The maximum atomic E-state index is 13.0. The highest BCUT2D eigenvalue weighted by atomic mass is 35.5. The number of nitrogens with one attached hydrogen (secondary N) is 1. The molecule has 1 aliphatic heterocycles. The second kappa shape index (κ2) is 5.09. The number of sulfonamides is 1. The zero-order chi connectivity index (χ0) is 15.0. The zero-order valence-electron chi connectivity index (χ0n) is 10.5. The second-order valence-electron chi connectivity index (χ2n) is 4.25. The van der Waals surface area contributed by atoms with E-state index in [-0.39, 0.29) is 16.7 Å². The Morgan fingerprint density at radius 2 is 1.86 bits per heavy atom. The lowest BCUT2D eigenvalue weighted by Gasteiger charge is -2.10. The lowest BCUT2D eigenvalue weighted by atomic mass is 10.3. The van der Waals surface area contributed by atoms with Crippen molar-refractivity contribution in [3.8, 4) is 11.5 Å². The van der Waals surface area contributed by atoms with Crippen molar-refractivity contribution < 1.29 is 22.3 Å². The molecule has 0 saturated carbocycles. The van der Waals surface area contributed by atoms with E-state index in [2.05, 4.69) is 4.72 Å². The summed E-state index contributed by atoms with van der Waals surface area (Å²) in [4.78, 5) is -0.205. The van der Waals surface area contributed by atoms with Gasteiger partial charge in [0, 0.05) is 6.07 Å². The van der Waals surface area contributed by atoms with Gasteiger partial charge in [0.2, 0.25) is 6.79 Å². The molecule has 0 saturated heterocycles. The van der Waals surface area contributed by atoms with E-state index in [0.29, 0.717) is 17.2 Å². The van der Waals surface area contributed by atoms with Crippen LogP contribution in [0.3, 0.4) is 0 Å². The molecule has 0 aliphatic carbocycles. The van der Waals surface area contributed by atoms with Crippen LogP contribution in [0.25, 0.3) is 0 Å². The molecule has 2 aromatic rings. The summed E-state index contributed by atoms with van der Waals surface area (Å²) in [5.41, 5.74) is 0.291. The van der Waals surface area contributed by atoms with Crippen molar-refractivity contribution in [2.75, 3.05) is 11.5 Å². The summed E-state index contributed by atoms with van der Waals surface area (Å²) < 4.78 is 50.1. The van der Waals surface area contributed by atoms with Crippen LogP contribution in [0.15, 0.2) is 41.3 Å². The molecule has 0 amide bonds. The zero-order valence-corrected chi connectivity index (χ0v) is 12.0. The van der Waals surface area contributed by atoms with Crippen LogP contribution in [0.5, 0.6) is 11.5 Å². The topological polar surface area (TPSA) is 64.6 Å². The molecule has 0 atom stereocenters. The molecule has 0 spiro atoms. The first kappa shape index (κ1) is 14.0. The normalized spacial score (nSPS) is 13.2. The van der Waals surface area contributed by atoms with Crippen molar-refractivity contribution in [2.24, 2.45) is 0 Å². The molecule has 1 N–H and O–H groups in total. The van der Waals surface area contributed by atoms with Crippen LogP contribution in [-0.2, 0) is 10.0 Å². The third-order valence-electron chi connectivity index (χ3n) is 2.81. The Labute approximate surface area is 125 Å². The average Bonchev–Trinajstić information content (AvgIpc) is 2.85. The first-order valence-corrected chi connectivity index (χ1v) is 7.69. The van der Waals surface area contributed by atoms with Gasteiger partial charge >= 0.3 is 0 Å². The van der Waals surface area contributed by atoms with Crippen LogP contribution in [-0.4, -0.2) is 15.2 Å². The minimum absolute atomic E-state index is 0.0926. The highest BCUT2D eigenvalue weighted by Crippen LogP contribution is 2.35. The molecule has 0 radical (unpaired) electrons. The maximum Gasteiger partial charge on any atom is 0.263 e. The largest absolute Gasteiger partial charge is 0.454 e. The van der Waals surface area contributed by atoms with E-state index in [0.717, 1.165) is 18.2 Å². The van der Waals surface area contributed by atoms with Gasteiger partial charge in [-0.25, -0.2) is 12.8 Å². The van der Waals surface area contributed by atoms with E-state index in [1.165, 1.54) is 12.1 Å². The summed E-state index contributed by atoms with van der Waals surface area (Å²) >= 11 is 5.77. The lowest BCUT2D eigenvalue weighted by molar-refractivity contribution is 0.174.